The molecule has 1 aliphatic rings. The number of hydrogen-bond donors (Lipinski definition) is 9. The van der Waals surface area contributed by atoms with Crippen LogP contribution in [0.2, 0.25) is 0 Å². The van der Waals surface area contributed by atoms with Gasteiger partial charge in [0.2, 0.25) is 23.8 Å². The van der Waals surface area contributed by atoms with Crippen molar-refractivity contribution < 1.29 is 42.9 Å². The summed E-state index contributed by atoms with van der Waals surface area (Å²) < 4.78 is 27.4. The quantitative estimate of drug-likeness (QED) is 0.0254. The number of morpholine rings is 1. The number of aromatic nitrogens is 20. The fourth-order valence-corrected chi connectivity index (χ4v) is 14.0. The summed E-state index contributed by atoms with van der Waals surface area (Å²) in [6, 6.07) is 37.8. The minimum absolute atomic E-state index is 0.108. The van der Waals surface area contributed by atoms with Gasteiger partial charge in [-0.2, -0.15) is 0 Å². The molecular weight excluding hydrogens is 1620 g/mol. The van der Waals surface area contributed by atoms with Crippen LogP contribution in [0.4, 0.5) is 43.0 Å². The van der Waals surface area contributed by atoms with Gasteiger partial charge in [0.1, 0.15) is 22.1 Å². The fourth-order valence-electron chi connectivity index (χ4n) is 14.0. The van der Waals surface area contributed by atoms with Crippen LogP contribution in [-0.4, -0.2) is 212 Å². The Balaban J connectivity index is 0.000000138. The van der Waals surface area contributed by atoms with Crippen molar-refractivity contribution in [3.8, 4) is 90.1 Å². The molecule has 0 bridgehead atoms. The Kier molecular flexibility index (Phi) is 29.0. The number of aromatic amines is 4. The van der Waals surface area contributed by atoms with Gasteiger partial charge < -0.3 is 53.5 Å². The topological polar surface area (TPSA) is 460 Å². The molecule has 4 aromatic carbocycles. The summed E-state index contributed by atoms with van der Waals surface area (Å²) in [6.45, 7) is 20.5. The van der Waals surface area contributed by atoms with Crippen LogP contribution in [0.1, 0.15) is 59.9 Å². The van der Waals surface area contributed by atoms with Gasteiger partial charge >= 0.3 is 24.3 Å². The van der Waals surface area contributed by atoms with E-state index >= 15 is 0 Å². The Hall–Kier alpha value is -15.6. The molecule has 1 aliphatic heterocycles. The number of benzene rings is 4. The Morgan fingerprint density at radius 3 is 1.20 bits per heavy atom. The summed E-state index contributed by atoms with van der Waals surface area (Å²) in [7, 11) is 3.41. The number of fused-ring (bicyclic) bond motifs is 4. The zero-order chi connectivity index (χ0) is 88.7. The molecule has 17 rings (SSSR count). The predicted octanol–water partition coefficient (Wildman–Crippen LogP) is 14.6. The Bertz CT molecular complexity index is 6480. The number of imidazole rings is 4. The highest BCUT2D eigenvalue weighted by Gasteiger charge is 2.25. The molecule has 2 atom stereocenters. The molecular formula is C90H93N27O10. The average Bonchev–Trinajstić information content (AvgIpc) is 1.68. The zero-order valence-electron chi connectivity index (χ0n) is 71.1. The molecule has 13 heterocycles. The van der Waals surface area contributed by atoms with Crippen molar-refractivity contribution in [2.75, 3.05) is 87.5 Å². The van der Waals surface area contributed by atoms with Gasteiger partial charge in [0.15, 0.2) is 23.3 Å². The Morgan fingerprint density at radius 2 is 0.850 bits per heavy atom. The molecule has 0 spiro atoms. The number of hydrogen-bond acceptors (Lipinski definition) is 27. The number of pyridine rings is 4. The minimum Gasteiger partial charge on any atom is -0.450 e. The number of nitrogens with zero attached hydrogens (tertiary/aromatic N) is 18. The van der Waals surface area contributed by atoms with E-state index in [2.05, 4.69) is 165 Å². The fraction of sp³-hybridized carbons (Fsp3) is 0.244. The van der Waals surface area contributed by atoms with E-state index in [1.165, 1.54) is 4.57 Å². The number of anilines is 4. The minimum atomic E-state index is -0.573. The predicted molar refractivity (Wildman–Crippen MR) is 482 cm³/mol. The summed E-state index contributed by atoms with van der Waals surface area (Å²) in [6.07, 6.45) is 21.1. The summed E-state index contributed by atoms with van der Waals surface area (Å²) in [4.78, 5) is 143. The maximum atomic E-state index is 12.1. The molecule has 5 amide bonds. The van der Waals surface area contributed by atoms with Crippen molar-refractivity contribution in [2.45, 2.75) is 73.8 Å². The van der Waals surface area contributed by atoms with Gasteiger partial charge in [0.05, 0.1) is 72.1 Å². The summed E-state index contributed by atoms with van der Waals surface area (Å²) in [5.41, 5.74) is 17.5. The highest BCUT2D eigenvalue weighted by atomic mass is 16.6. The highest BCUT2D eigenvalue weighted by Crippen LogP contribution is 2.38. The van der Waals surface area contributed by atoms with Crippen molar-refractivity contribution in [1.29, 1.82) is 0 Å². The number of aryl methyl sites for hydroxylation is 1. The Morgan fingerprint density at radius 1 is 0.457 bits per heavy atom. The molecule has 37 heteroatoms. The second kappa shape index (κ2) is 42.0. The molecule has 37 nitrogen and oxygen atoms in total. The number of nitrogens with one attached hydrogen (secondary N) is 9. The normalized spacial score (nSPS) is 13.0. The van der Waals surface area contributed by atoms with Crippen molar-refractivity contribution in [1.82, 2.24) is 114 Å². The molecule has 648 valence electrons. The SMILES string of the molecule is CCNC(=O)Nc1nc2c(-c3ncccn3)cc(-c3ccn(C)c(=O)c3)cc2[nH]1.CCOC(=O)Nc1nc2c(-c3ncccn3)cc(-c3ccc(CN(CC)CCOC)nc3)cc2[nH]1.CCOC(=O)Nc1nc2c(-c3ncccn3)cc(-c3ccc(CN4C[C@@H](C)O[C@@H](C)C4)nc3)cc2[nH]1.CCOC(=O)Nc1nc2c(-c3ncccn3)cc(-c3cccnc3)cc2[nH]1. The van der Waals surface area contributed by atoms with Gasteiger partial charge in [0.25, 0.3) is 5.56 Å². The van der Waals surface area contributed by atoms with Crippen LogP contribution in [0, 0.1) is 0 Å². The van der Waals surface area contributed by atoms with Crippen LogP contribution in [0.3, 0.4) is 0 Å². The zero-order valence-corrected chi connectivity index (χ0v) is 71.1. The number of ether oxygens (including phenoxy) is 5. The van der Waals surface area contributed by atoms with E-state index < -0.39 is 18.3 Å². The second-order valence-electron chi connectivity index (χ2n) is 28.8. The molecule has 16 aromatic rings. The number of carbonyl (C=O) groups excluding carboxylic acids is 4. The van der Waals surface area contributed by atoms with E-state index in [1.54, 1.807) is 133 Å². The first-order chi connectivity index (χ1) is 61.9. The van der Waals surface area contributed by atoms with Crippen molar-refractivity contribution in [3.63, 3.8) is 0 Å². The number of amides is 5. The van der Waals surface area contributed by atoms with Crippen LogP contribution in [-0.2, 0) is 43.8 Å². The lowest BCUT2D eigenvalue weighted by molar-refractivity contribution is -0.0707. The molecule has 127 heavy (non-hydrogen) atoms. The van der Waals surface area contributed by atoms with E-state index in [4.69, 9.17) is 28.7 Å². The molecule has 0 radical (unpaired) electrons. The summed E-state index contributed by atoms with van der Waals surface area (Å²) >= 11 is 0. The number of rotatable bonds is 24. The molecule has 1 saturated heterocycles. The van der Waals surface area contributed by atoms with E-state index in [1.807, 2.05) is 92.1 Å². The average molecular weight is 1710 g/mol. The first-order valence-corrected chi connectivity index (χ1v) is 41.1. The van der Waals surface area contributed by atoms with Gasteiger partial charge in [-0.05, 0) is 173 Å². The van der Waals surface area contributed by atoms with Gasteiger partial charge in [-0.25, -0.2) is 79.0 Å². The summed E-state index contributed by atoms with van der Waals surface area (Å²) in [5, 5.41) is 13.2. The van der Waals surface area contributed by atoms with Gasteiger partial charge in [0, 0.05) is 179 Å². The first kappa shape index (κ1) is 87.7. The molecule has 9 N–H and O–H groups in total. The third-order valence-corrected chi connectivity index (χ3v) is 19.7. The van der Waals surface area contributed by atoms with E-state index in [9.17, 15) is 24.0 Å². The van der Waals surface area contributed by atoms with Crippen molar-refractivity contribution in [2.24, 2.45) is 7.05 Å². The second-order valence-corrected chi connectivity index (χ2v) is 28.8. The Labute approximate surface area is 727 Å². The van der Waals surface area contributed by atoms with Gasteiger partial charge in [-0.15, -0.1) is 0 Å². The van der Waals surface area contributed by atoms with E-state index in [0.717, 1.165) is 128 Å². The molecule has 1 fully saturated rings. The lowest BCUT2D eigenvalue weighted by atomic mass is 10.0. The largest absolute Gasteiger partial charge is 0.450 e. The number of likely N-dealkylation sites (N-methyl/N-ethyl adjacent to an activating group) is 1. The number of H-pyrrole nitrogens is 4. The van der Waals surface area contributed by atoms with Gasteiger partial charge in [-0.3, -0.25) is 50.8 Å². The van der Waals surface area contributed by atoms with E-state index in [-0.39, 0.29) is 49.6 Å². The van der Waals surface area contributed by atoms with E-state index in [0.29, 0.717) is 87.4 Å². The van der Waals surface area contributed by atoms with Gasteiger partial charge in [-0.1, -0.05) is 25.1 Å². The summed E-state index contributed by atoms with van der Waals surface area (Å²) in [5.74, 6) is 3.31. The maximum Gasteiger partial charge on any atom is 0.413 e. The smallest absolute Gasteiger partial charge is 0.413 e. The molecule has 0 unspecified atom stereocenters. The monoisotopic (exact) mass is 1710 g/mol. The van der Waals surface area contributed by atoms with Crippen LogP contribution < -0.4 is 32.1 Å². The molecule has 12 aromatic heterocycles. The maximum absolute atomic E-state index is 12.1. The van der Waals surface area contributed by atoms with Crippen LogP contribution in [0.15, 0.2) is 207 Å². The lowest BCUT2D eigenvalue weighted by Gasteiger charge is -2.35. The van der Waals surface area contributed by atoms with Crippen molar-refractivity contribution in [3.05, 3.63) is 224 Å². The third-order valence-electron chi connectivity index (χ3n) is 19.7. The molecule has 0 aliphatic carbocycles. The number of carbonyl (C=O) groups is 4. The van der Waals surface area contributed by atoms with Crippen LogP contribution in [0.5, 0.6) is 0 Å². The highest BCUT2D eigenvalue weighted by molar-refractivity contribution is 6.01. The standard InChI is InChI=1S/C26H29N7O3.C25H29N7O3.C20H19N7O2.C19H16N6O2/c1-4-35-26(34)32-25-30-22-11-19(10-21(23(22)31-25)24-27-8-5-9-28-24)18-6-7-20(29-12-18)15-33-13-16(2)36-17(3)14-33;1-4-32(11-12-34-3)16-19-8-7-17(15-28-19)18-13-20(23-26-9-6-10-27-23)22-21(14-18)29-24(30-22)31-25(33)35-5-2;1-3-21-20(29)26-19-24-15-10-13(12-5-8-27(2)16(28)11-12)9-14(17(15)25-19)18-22-6-4-7-23-18;1-2-27-19(26)25-18-23-15-10-13(12-5-3-6-20-11-12)9-14(16(15)24-18)17-21-7-4-8-22-17/h5-12,16-17H,4,13-15H2,1-3H3,(H2,30,31,32,34);6-10,13-15H,4-5,11-12,16H2,1-3H3,(H2,29,30,31,33);4-11H,3H2,1-2H3,(H3,21,24,25,26,29);3-11H,2H2,1H3,(H2,23,24,25,26)/t16-,17+;;;. The van der Waals surface area contributed by atoms with Crippen LogP contribution in [0.25, 0.3) is 134 Å². The first-order valence-electron chi connectivity index (χ1n) is 41.1. The van der Waals surface area contributed by atoms with Crippen LogP contribution >= 0.6 is 0 Å². The third kappa shape index (κ3) is 22.6. The lowest BCUT2D eigenvalue weighted by Crippen LogP contribution is -2.44. The number of methoxy groups -OCH3 is 1. The number of urea groups is 1. The molecule has 0 saturated carbocycles. The van der Waals surface area contributed by atoms with Crippen molar-refractivity contribution >= 4 is 92.2 Å².